The van der Waals surface area contributed by atoms with E-state index >= 15 is 0 Å². The molecule has 2 atom stereocenters. The summed E-state index contributed by atoms with van der Waals surface area (Å²) in [6, 6.07) is 5.56. The normalized spacial score (nSPS) is 21.5. The molecule has 3 amide bonds. The molecule has 0 radical (unpaired) electrons. The Kier molecular flexibility index (Phi) is 8.53. The highest BCUT2D eigenvalue weighted by Crippen LogP contribution is 2.41. The third-order valence-electron chi connectivity index (χ3n) is 6.39. The van der Waals surface area contributed by atoms with Crippen molar-refractivity contribution in [2.75, 3.05) is 17.6 Å². The van der Waals surface area contributed by atoms with Crippen LogP contribution in [0.1, 0.15) is 24.8 Å². The number of nitrogens with zero attached hydrogens (tertiary/aromatic N) is 2. The van der Waals surface area contributed by atoms with E-state index in [1.807, 2.05) is 0 Å². The van der Waals surface area contributed by atoms with E-state index in [1.54, 1.807) is 24.3 Å². The molecule has 4 rings (SSSR count). The van der Waals surface area contributed by atoms with Gasteiger partial charge in [-0.1, -0.05) is 12.1 Å². The van der Waals surface area contributed by atoms with E-state index in [1.165, 1.54) is 11.0 Å². The molecule has 0 spiro atoms. The predicted molar refractivity (Wildman–Crippen MR) is 135 cm³/mol. The van der Waals surface area contributed by atoms with Gasteiger partial charge in [0, 0.05) is 36.5 Å². The maximum atomic E-state index is 13.1. The van der Waals surface area contributed by atoms with Gasteiger partial charge in [0.05, 0.1) is 6.42 Å². The van der Waals surface area contributed by atoms with Crippen LogP contribution < -0.4 is 11.1 Å². The fraction of sp³-hybridized carbons (Fsp3) is 0.360. The summed E-state index contributed by atoms with van der Waals surface area (Å²) in [6.45, 7) is 0.481. The van der Waals surface area contributed by atoms with Gasteiger partial charge in [0.25, 0.3) is 0 Å². The molecule has 0 aliphatic carbocycles. The topological polar surface area (TPSA) is 176 Å². The van der Waals surface area contributed by atoms with Gasteiger partial charge in [-0.3, -0.25) is 24.1 Å². The number of esters is 2. The standard InChI is InChI=1S/C25H23F3N4O8S/c26-25(27,28)24(39)40-23(38)19-14(11-41-22-18(29)21(37)32(19)22)9-13-7-8-31(20(13)36)10-12-1-3-15(4-2-12)30-16(33)5-6-17(34)35/h1-4,9,18,22H,5-8,10-11,29H2,(H,30,33)(H,34,35)/b13-9+/t18-,22-/m1/s1. The lowest BCUT2D eigenvalue weighted by atomic mass is 10.0. The Balaban J connectivity index is 1.47. The van der Waals surface area contributed by atoms with E-state index in [0.29, 0.717) is 17.8 Å². The van der Waals surface area contributed by atoms with Crippen LogP contribution in [0, 0.1) is 0 Å². The van der Waals surface area contributed by atoms with Crippen molar-refractivity contribution >= 4 is 53.1 Å². The number of allylic oxidation sites excluding steroid dienone is 1. The number of likely N-dealkylation sites (tertiary alicyclic amines) is 1. The van der Waals surface area contributed by atoms with Gasteiger partial charge in [-0.25, -0.2) is 9.59 Å². The maximum Gasteiger partial charge on any atom is 0.491 e. The highest BCUT2D eigenvalue weighted by Gasteiger charge is 2.53. The van der Waals surface area contributed by atoms with E-state index < -0.39 is 58.9 Å². The number of alkyl halides is 3. The van der Waals surface area contributed by atoms with Crippen LogP contribution in [0.4, 0.5) is 18.9 Å². The number of carboxylic acids is 1. The first-order valence-electron chi connectivity index (χ1n) is 12.1. The van der Waals surface area contributed by atoms with Gasteiger partial charge >= 0.3 is 24.1 Å². The summed E-state index contributed by atoms with van der Waals surface area (Å²) in [5.41, 5.74) is 6.64. The van der Waals surface area contributed by atoms with E-state index in [-0.39, 0.29) is 42.7 Å². The number of nitrogens with two attached hydrogens (primary N) is 1. The van der Waals surface area contributed by atoms with E-state index in [4.69, 9.17) is 10.8 Å². The van der Waals surface area contributed by atoms with Gasteiger partial charge in [-0.05, 0) is 35.8 Å². The number of ether oxygens (including phenoxy) is 1. The van der Waals surface area contributed by atoms with Crippen LogP contribution >= 0.6 is 11.8 Å². The molecule has 16 heteroatoms. The molecule has 3 aliphatic rings. The lowest BCUT2D eigenvalue weighted by Crippen LogP contribution is -2.68. The highest BCUT2D eigenvalue weighted by molar-refractivity contribution is 8.00. The van der Waals surface area contributed by atoms with Crippen molar-refractivity contribution in [2.24, 2.45) is 5.73 Å². The number of hydrogen-bond donors (Lipinski definition) is 3. The zero-order chi connectivity index (χ0) is 30.1. The molecule has 12 nitrogen and oxygen atoms in total. The van der Waals surface area contributed by atoms with Gasteiger partial charge in [0.15, 0.2) is 0 Å². The summed E-state index contributed by atoms with van der Waals surface area (Å²) >= 11 is 1.16. The Morgan fingerprint density at radius 3 is 2.46 bits per heavy atom. The van der Waals surface area contributed by atoms with Crippen molar-refractivity contribution in [1.29, 1.82) is 0 Å². The minimum atomic E-state index is -5.43. The molecule has 2 saturated heterocycles. The lowest BCUT2D eigenvalue weighted by molar-refractivity contribution is -0.201. The van der Waals surface area contributed by atoms with Gasteiger partial charge < -0.3 is 25.8 Å². The Labute approximate surface area is 234 Å². The SMILES string of the molecule is N[C@@H]1C(=O)N2C(C(=O)OC(=O)C(F)(F)F)=C(/C=C3\CCN(Cc4ccc(NC(=O)CCC(=O)O)cc4)C3=O)CS[C@H]12. The summed E-state index contributed by atoms with van der Waals surface area (Å²) in [6.07, 6.45) is -4.35. The molecular formula is C25H23F3N4O8S. The molecule has 4 N–H and O–H groups in total. The van der Waals surface area contributed by atoms with Crippen LogP contribution in [0.15, 0.2) is 47.2 Å². The molecule has 3 aliphatic heterocycles. The zero-order valence-electron chi connectivity index (χ0n) is 21.1. The van der Waals surface area contributed by atoms with Crippen molar-refractivity contribution in [2.45, 2.75) is 43.4 Å². The highest BCUT2D eigenvalue weighted by atomic mass is 32.2. The van der Waals surface area contributed by atoms with E-state index in [0.717, 1.165) is 16.7 Å². The van der Waals surface area contributed by atoms with Crippen molar-refractivity contribution in [3.8, 4) is 0 Å². The maximum absolute atomic E-state index is 13.1. The Hall–Kier alpha value is -4.18. The van der Waals surface area contributed by atoms with E-state index in [9.17, 15) is 41.9 Å². The molecule has 41 heavy (non-hydrogen) atoms. The van der Waals surface area contributed by atoms with Gasteiger partial charge in [0.1, 0.15) is 17.1 Å². The number of carboxylic acid groups (broad SMARTS) is 1. The quantitative estimate of drug-likeness (QED) is 0.171. The van der Waals surface area contributed by atoms with Crippen LogP contribution in [0.5, 0.6) is 0 Å². The molecule has 1 aromatic rings. The summed E-state index contributed by atoms with van der Waals surface area (Å²) in [5, 5.41) is 10.5. The summed E-state index contributed by atoms with van der Waals surface area (Å²) in [7, 11) is 0. The van der Waals surface area contributed by atoms with Crippen molar-refractivity contribution < 1.29 is 51.8 Å². The predicted octanol–water partition coefficient (Wildman–Crippen LogP) is 1.28. The minimum Gasteiger partial charge on any atom is -0.481 e. The number of rotatable bonds is 8. The zero-order valence-corrected chi connectivity index (χ0v) is 21.9. The van der Waals surface area contributed by atoms with Gasteiger partial charge in [-0.2, -0.15) is 13.2 Å². The van der Waals surface area contributed by atoms with E-state index in [2.05, 4.69) is 10.1 Å². The molecule has 218 valence electrons. The monoisotopic (exact) mass is 596 g/mol. The number of fused-ring (bicyclic) bond motifs is 1. The molecule has 3 heterocycles. The second-order valence-electron chi connectivity index (χ2n) is 9.27. The van der Waals surface area contributed by atoms with Crippen LogP contribution in [-0.2, 0) is 40.0 Å². The van der Waals surface area contributed by atoms with Crippen molar-refractivity contribution in [3.63, 3.8) is 0 Å². The molecular weight excluding hydrogens is 573 g/mol. The number of anilines is 1. The molecule has 0 unspecified atom stereocenters. The number of carbonyl (C=O) groups is 6. The first-order chi connectivity index (χ1) is 19.3. The number of aliphatic carboxylic acids is 1. The molecule has 2 fully saturated rings. The first kappa shape index (κ1) is 29.8. The molecule has 0 bridgehead atoms. The Morgan fingerprint density at radius 2 is 1.83 bits per heavy atom. The third kappa shape index (κ3) is 6.59. The van der Waals surface area contributed by atoms with Crippen LogP contribution in [0.25, 0.3) is 0 Å². The van der Waals surface area contributed by atoms with Crippen LogP contribution in [0.3, 0.4) is 0 Å². The van der Waals surface area contributed by atoms with Gasteiger partial charge in [-0.15, -0.1) is 11.8 Å². The average Bonchev–Trinajstić information content (AvgIpc) is 3.25. The van der Waals surface area contributed by atoms with Gasteiger partial charge in [0.2, 0.25) is 17.7 Å². The number of halogens is 3. The van der Waals surface area contributed by atoms with Crippen LogP contribution in [-0.4, -0.2) is 80.4 Å². The molecule has 0 saturated carbocycles. The number of carbonyl (C=O) groups excluding carboxylic acids is 5. The Bertz CT molecular complexity index is 1380. The minimum absolute atomic E-state index is 0.0310. The number of hydrogen-bond acceptors (Lipinski definition) is 9. The second-order valence-corrected chi connectivity index (χ2v) is 10.4. The van der Waals surface area contributed by atoms with Crippen LogP contribution in [0.2, 0.25) is 0 Å². The molecule has 0 aromatic heterocycles. The van der Waals surface area contributed by atoms with Crippen molar-refractivity contribution in [1.82, 2.24) is 9.80 Å². The number of nitrogens with one attached hydrogen (secondary N) is 1. The third-order valence-corrected chi connectivity index (χ3v) is 7.71. The fourth-order valence-electron chi connectivity index (χ4n) is 4.35. The number of amides is 3. The largest absolute Gasteiger partial charge is 0.491 e. The number of thioether (sulfide) groups is 1. The fourth-order valence-corrected chi connectivity index (χ4v) is 5.60. The summed E-state index contributed by atoms with van der Waals surface area (Å²) in [5.74, 6) is -7.05. The Morgan fingerprint density at radius 1 is 1.15 bits per heavy atom. The molecule has 1 aromatic carbocycles. The lowest BCUT2D eigenvalue weighted by Gasteiger charge is -2.48. The average molecular weight is 597 g/mol. The summed E-state index contributed by atoms with van der Waals surface area (Å²) < 4.78 is 42.1. The van der Waals surface area contributed by atoms with Crippen molar-refractivity contribution in [3.05, 3.63) is 52.7 Å². The summed E-state index contributed by atoms with van der Waals surface area (Å²) in [4.78, 5) is 74.1. The smallest absolute Gasteiger partial charge is 0.481 e. The second kappa shape index (κ2) is 11.7. The first-order valence-corrected chi connectivity index (χ1v) is 13.2. The number of β-lactam (4-membered cyclic amide) rings is 1. The number of benzene rings is 1.